The Hall–Kier alpha value is -1.92. The molecule has 0 radical (unpaired) electrons. The number of nitrogens with one attached hydrogen (secondary N) is 1. The van der Waals surface area contributed by atoms with E-state index in [0.717, 1.165) is 0 Å². The monoisotopic (exact) mass is 310 g/mol. The van der Waals surface area contributed by atoms with Gasteiger partial charge in [-0.2, -0.15) is 0 Å². The van der Waals surface area contributed by atoms with Crippen molar-refractivity contribution in [3.8, 4) is 0 Å². The van der Waals surface area contributed by atoms with Gasteiger partial charge in [0.15, 0.2) is 6.10 Å². The van der Waals surface area contributed by atoms with Gasteiger partial charge in [-0.25, -0.2) is 9.78 Å². The van der Waals surface area contributed by atoms with Crippen molar-refractivity contribution in [2.75, 3.05) is 5.32 Å². The van der Waals surface area contributed by atoms with Crippen LogP contribution >= 0.6 is 22.9 Å². The second-order valence-electron chi connectivity index (χ2n) is 3.88. The molecule has 7 heteroatoms. The molecular formula is C13H11ClN2O3S. The highest BCUT2D eigenvalue weighted by Crippen LogP contribution is 2.13. The molecule has 2 aromatic heterocycles. The molecule has 0 saturated heterocycles. The number of carbonyl (C=O) groups excluding carboxylic acids is 2. The van der Waals surface area contributed by atoms with E-state index < -0.39 is 18.0 Å². The lowest BCUT2D eigenvalue weighted by Gasteiger charge is -2.12. The second kappa shape index (κ2) is 6.49. The maximum Gasteiger partial charge on any atom is 0.349 e. The summed E-state index contributed by atoms with van der Waals surface area (Å²) in [5.41, 5.74) is 0. The van der Waals surface area contributed by atoms with Crippen LogP contribution < -0.4 is 5.32 Å². The van der Waals surface area contributed by atoms with E-state index in [0.29, 0.717) is 15.7 Å². The average molecular weight is 311 g/mol. The zero-order valence-corrected chi connectivity index (χ0v) is 12.1. The molecule has 1 atom stereocenters. The molecule has 0 saturated carbocycles. The highest BCUT2D eigenvalue weighted by Gasteiger charge is 2.19. The summed E-state index contributed by atoms with van der Waals surface area (Å²) in [4.78, 5) is 27.9. The Morgan fingerprint density at radius 1 is 1.40 bits per heavy atom. The summed E-state index contributed by atoms with van der Waals surface area (Å²) < 4.78 is 5.06. The summed E-state index contributed by atoms with van der Waals surface area (Å²) in [5.74, 6) is -0.630. The van der Waals surface area contributed by atoms with Crippen LogP contribution in [0, 0.1) is 0 Å². The lowest BCUT2D eigenvalue weighted by molar-refractivity contribution is -0.123. The Morgan fingerprint density at radius 2 is 2.20 bits per heavy atom. The number of pyridine rings is 1. The molecule has 0 aliphatic carbocycles. The normalized spacial score (nSPS) is 11.7. The summed E-state index contributed by atoms with van der Waals surface area (Å²) in [6.45, 7) is 1.50. The molecule has 1 N–H and O–H groups in total. The summed E-state index contributed by atoms with van der Waals surface area (Å²) in [7, 11) is 0. The molecule has 2 heterocycles. The van der Waals surface area contributed by atoms with Gasteiger partial charge in [0.1, 0.15) is 10.7 Å². The Kier molecular flexibility index (Phi) is 4.70. The van der Waals surface area contributed by atoms with E-state index in [1.54, 1.807) is 29.6 Å². The van der Waals surface area contributed by atoms with Crippen molar-refractivity contribution in [2.45, 2.75) is 13.0 Å². The Labute approximate surface area is 124 Å². The largest absolute Gasteiger partial charge is 0.448 e. The number of carbonyl (C=O) groups is 2. The quantitative estimate of drug-likeness (QED) is 0.882. The summed E-state index contributed by atoms with van der Waals surface area (Å²) >= 11 is 6.95. The van der Waals surface area contributed by atoms with Crippen LogP contribution in [-0.2, 0) is 9.53 Å². The number of thiophene rings is 1. The number of ether oxygens (including phenoxy) is 1. The van der Waals surface area contributed by atoms with Gasteiger partial charge in [0.05, 0.1) is 5.02 Å². The minimum absolute atomic E-state index is 0.346. The van der Waals surface area contributed by atoms with Crippen molar-refractivity contribution >= 4 is 40.6 Å². The van der Waals surface area contributed by atoms with Gasteiger partial charge in [-0.3, -0.25) is 4.79 Å². The third-order valence-corrected chi connectivity index (χ3v) is 3.43. The van der Waals surface area contributed by atoms with E-state index in [1.807, 2.05) is 0 Å². The maximum atomic E-state index is 11.8. The van der Waals surface area contributed by atoms with Gasteiger partial charge in [-0.15, -0.1) is 11.3 Å². The van der Waals surface area contributed by atoms with Crippen LogP contribution in [0.1, 0.15) is 16.6 Å². The van der Waals surface area contributed by atoms with E-state index in [9.17, 15) is 9.59 Å². The fourth-order valence-corrected chi connectivity index (χ4v) is 2.06. The summed E-state index contributed by atoms with van der Waals surface area (Å²) in [6.07, 6.45) is 0.501. The van der Waals surface area contributed by atoms with Crippen LogP contribution in [0.4, 0.5) is 5.82 Å². The fraction of sp³-hybridized carbons (Fsp3) is 0.154. The Bertz CT molecular complexity index is 599. The smallest absolute Gasteiger partial charge is 0.349 e. The van der Waals surface area contributed by atoms with E-state index in [4.69, 9.17) is 16.3 Å². The molecule has 5 nitrogen and oxygen atoms in total. The number of hydrogen-bond donors (Lipinski definition) is 1. The number of hydrogen-bond acceptors (Lipinski definition) is 5. The first-order valence-corrected chi connectivity index (χ1v) is 6.99. The minimum atomic E-state index is -0.915. The molecule has 1 amide bonds. The highest BCUT2D eigenvalue weighted by atomic mass is 35.5. The van der Waals surface area contributed by atoms with Gasteiger partial charge >= 0.3 is 5.97 Å². The van der Waals surface area contributed by atoms with Crippen LogP contribution in [0.25, 0.3) is 0 Å². The molecule has 0 bridgehead atoms. The number of rotatable bonds is 4. The molecule has 0 fully saturated rings. The van der Waals surface area contributed by atoms with Crippen molar-refractivity contribution in [1.82, 2.24) is 4.98 Å². The fourth-order valence-electron chi connectivity index (χ4n) is 1.34. The van der Waals surface area contributed by atoms with Gasteiger partial charge < -0.3 is 10.1 Å². The zero-order chi connectivity index (χ0) is 14.5. The molecule has 2 aromatic rings. The summed E-state index contributed by atoms with van der Waals surface area (Å²) in [5, 5.41) is 4.77. The first-order valence-electron chi connectivity index (χ1n) is 5.73. The number of halogens is 1. The number of nitrogens with zero attached hydrogens (tertiary/aromatic N) is 1. The van der Waals surface area contributed by atoms with Crippen molar-refractivity contribution in [3.05, 3.63) is 45.7 Å². The van der Waals surface area contributed by atoms with E-state index >= 15 is 0 Å². The standard InChI is InChI=1S/C13H11ClN2O3S/c1-8(19-13(18)10-3-2-6-20-10)12(17)16-11-5-4-9(14)7-15-11/h2-8H,1H3,(H,15,16,17). The Balaban J connectivity index is 1.92. The minimum Gasteiger partial charge on any atom is -0.448 e. The molecule has 0 aliphatic rings. The molecule has 2 rings (SSSR count). The van der Waals surface area contributed by atoms with Crippen LogP contribution in [0.5, 0.6) is 0 Å². The van der Waals surface area contributed by atoms with Crippen molar-refractivity contribution in [2.24, 2.45) is 0 Å². The van der Waals surface area contributed by atoms with Crippen LogP contribution in [0.2, 0.25) is 5.02 Å². The molecule has 1 unspecified atom stereocenters. The van der Waals surface area contributed by atoms with E-state index in [1.165, 1.54) is 24.5 Å². The third-order valence-electron chi connectivity index (χ3n) is 2.35. The van der Waals surface area contributed by atoms with Crippen LogP contribution in [0.15, 0.2) is 35.8 Å². The van der Waals surface area contributed by atoms with E-state index in [-0.39, 0.29) is 0 Å². The highest BCUT2D eigenvalue weighted by molar-refractivity contribution is 7.11. The Morgan fingerprint density at radius 3 is 2.80 bits per heavy atom. The van der Waals surface area contributed by atoms with Crippen molar-refractivity contribution in [1.29, 1.82) is 0 Å². The van der Waals surface area contributed by atoms with Crippen molar-refractivity contribution in [3.63, 3.8) is 0 Å². The van der Waals surface area contributed by atoms with Gasteiger partial charge in [-0.05, 0) is 30.5 Å². The molecule has 104 valence electrons. The summed E-state index contributed by atoms with van der Waals surface area (Å²) in [6, 6.07) is 6.54. The lowest BCUT2D eigenvalue weighted by atomic mass is 10.3. The molecule has 20 heavy (non-hydrogen) atoms. The topological polar surface area (TPSA) is 68.3 Å². The number of aromatic nitrogens is 1. The number of anilines is 1. The molecule has 0 spiro atoms. The maximum absolute atomic E-state index is 11.8. The molecular weight excluding hydrogens is 300 g/mol. The predicted octanol–water partition coefficient (Wildman–Crippen LogP) is 2.98. The van der Waals surface area contributed by atoms with Crippen molar-refractivity contribution < 1.29 is 14.3 Å². The number of amides is 1. The van der Waals surface area contributed by atoms with Gasteiger partial charge in [-0.1, -0.05) is 17.7 Å². The average Bonchev–Trinajstić information content (AvgIpc) is 2.95. The van der Waals surface area contributed by atoms with Crippen LogP contribution in [-0.4, -0.2) is 23.0 Å². The third kappa shape index (κ3) is 3.79. The molecule has 0 aromatic carbocycles. The van der Waals surface area contributed by atoms with Gasteiger partial charge in [0.2, 0.25) is 0 Å². The van der Waals surface area contributed by atoms with Gasteiger partial charge in [0.25, 0.3) is 5.91 Å². The number of esters is 1. The van der Waals surface area contributed by atoms with Crippen LogP contribution in [0.3, 0.4) is 0 Å². The second-order valence-corrected chi connectivity index (χ2v) is 5.26. The first kappa shape index (κ1) is 14.5. The SMILES string of the molecule is CC(OC(=O)c1cccs1)C(=O)Nc1ccc(Cl)cn1. The zero-order valence-electron chi connectivity index (χ0n) is 10.5. The first-order chi connectivity index (χ1) is 9.56. The van der Waals surface area contributed by atoms with E-state index in [2.05, 4.69) is 10.3 Å². The van der Waals surface area contributed by atoms with Gasteiger partial charge in [0, 0.05) is 6.20 Å². The molecule has 0 aliphatic heterocycles. The predicted molar refractivity (Wildman–Crippen MR) is 77.1 cm³/mol. The lowest BCUT2D eigenvalue weighted by Crippen LogP contribution is -2.30.